The van der Waals surface area contributed by atoms with Crippen molar-refractivity contribution in [1.29, 1.82) is 0 Å². The predicted octanol–water partition coefficient (Wildman–Crippen LogP) is 4.72. The molecule has 162 valence electrons. The van der Waals surface area contributed by atoms with Crippen LogP contribution >= 0.6 is 11.3 Å². The van der Waals surface area contributed by atoms with Crippen LogP contribution in [0.4, 0.5) is 5.13 Å². The molecule has 0 radical (unpaired) electrons. The van der Waals surface area contributed by atoms with Gasteiger partial charge < -0.3 is 14.6 Å². The number of aryl methyl sites for hydroxylation is 2. The summed E-state index contributed by atoms with van der Waals surface area (Å²) in [6.07, 6.45) is 5.97. The minimum Gasteiger partial charge on any atom is -0.478 e. The predicted molar refractivity (Wildman–Crippen MR) is 123 cm³/mol. The number of carbonyl (C=O) groups excluding carboxylic acids is 1. The highest BCUT2D eigenvalue weighted by molar-refractivity contribution is 7.13. The molecule has 4 rings (SSSR count). The summed E-state index contributed by atoms with van der Waals surface area (Å²) in [4.78, 5) is 31.4. The van der Waals surface area contributed by atoms with E-state index in [1.165, 1.54) is 19.3 Å². The van der Waals surface area contributed by atoms with Crippen molar-refractivity contribution >= 4 is 28.2 Å². The van der Waals surface area contributed by atoms with Gasteiger partial charge in [0.1, 0.15) is 0 Å². The van der Waals surface area contributed by atoms with Crippen LogP contribution in [0, 0.1) is 13.8 Å². The van der Waals surface area contributed by atoms with Gasteiger partial charge in [0.25, 0.3) is 0 Å². The highest BCUT2D eigenvalue weighted by Crippen LogP contribution is 2.25. The number of anilines is 1. The van der Waals surface area contributed by atoms with Gasteiger partial charge in [-0.15, -0.1) is 11.3 Å². The maximum absolute atomic E-state index is 13.1. The molecule has 0 bridgehead atoms. The lowest BCUT2D eigenvalue weighted by Gasteiger charge is -2.25. The maximum atomic E-state index is 13.1. The Kier molecular flexibility index (Phi) is 6.23. The Hall–Kier alpha value is -2.93. The number of rotatable bonds is 7. The first kappa shape index (κ1) is 21.3. The Labute approximate surface area is 186 Å². The van der Waals surface area contributed by atoms with Gasteiger partial charge in [-0.2, -0.15) is 0 Å². The monoisotopic (exact) mass is 437 g/mol. The molecule has 1 saturated heterocycles. The van der Waals surface area contributed by atoms with Crippen molar-refractivity contribution < 1.29 is 14.7 Å². The summed E-state index contributed by atoms with van der Waals surface area (Å²) >= 11 is 1.67. The second-order valence-corrected chi connectivity index (χ2v) is 9.08. The van der Waals surface area contributed by atoms with E-state index in [0.717, 1.165) is 40.6 Å². The van der Waals surface area contributed by atoms with E-state index in [9.17, 15) is 9.59 Å². The zero-order chi connectivity index (χ0) is 22.0. The van der Waals surface area contributed by atoms with Gasteiger partial charge in [0.05, 0.1) is 23.5 Å². The number of aromatic carboxylic acids is 1. The van der Waals surface area contributed by atoms with Crippen molar-refractivity contribution in [2.75, 3.05) is 18.0 Å². The summed E-state index contributed by atoms with van der Waals surface area (Å²) in [6, 6.07) is 6.83. The van der Waals surface area contributed by atoms with Crippen LogP contribution in [-0.4, -0.2) is 39.5 Å². The summed E-state index contributed by atoms with van der Waals surface area (Å²) in [5.74, 6) is -0.941. The van der Waals surface area contributed by atoms with Gasteiger partial charge in [0.2, 0.25) is 0 Å². The van der Waals surface area contributed by atoms with E-state index in [0.29, 0.717) is 12.2 Å². The number of carboxylic acid groups (broad SMARTS) is 1. The van der Waals surface area contributed by atoms with Crippen LogP contribution in [0.5, 0.6) is 0 Å². The summed E-state index contributed by atoms with van der Waals surface area (Å²) in [6.45, 7) is 6.53. The van der Waals surface area contributed by atoms with Crippen molar-refractivity contribution in [1.82, 2.24) is 9.55 Å². The number of benzene rings is 1. The van der Waals surface area contributed by atoms with Gasteiger partial charge in [-0.05, 0) is 68.0 Å². The largest absolute Gasteiger partial charge is 0.478 e. The van der Waals surface area contributed by atoms with E-state index in [1.807, 2.05) is 30.7 Å². The van der Waals surface area contributed by atoms with Crippen LogP contribution in [0.25, 0.3) is 0 Å². The minimum absolute atomic E-state index is 0.0192. The van der Waals surface area contributed by atoms with Crippen molar-refractivity contribution in [2.24, 2.45) is 0 Å². The van der Waals surface area contributed by atoms with Gasteiger partial charge >= 0.3 is 5.97 Å². The highest BCUT2D eigenvalue weighted by atomic mass is 32.1. The number of thiazole rings is 1. The Morgan fingerprint density at radius 2 is 1.90 bits per heavy atom. The second-order valence-electron chi connectivity index (χ2n) is 8.25. The third-order valence-electron chi connectivity index (χ3n) is 5.76. The second kappa shape index (κ2) is 9.06. The molecule has 1 aromatic carbocycles. The standard InChI is InChI=1S/C24H27N3O3S/c1-16-10-21(22(28)12-18-6-7-19(23(29)30)11-17(18)2)27(13-16)14-20-15-31-24(25-20)26-8-4-3-5-9-26/h6-7,10-11,13,15H,3-5,8-9,12,14H2,1-2H3,(H,29,30). The smallest absolute Gasteiger partial charge is 0.335 e. The third kappa shape index (κ3) is 4.88. The molecule has 7 heteroatoms. The van der Waals surface area contributed by atoms with Gasteiger partial charge in [0, 0.05) is 31.1 Å². The summed E-state index contributed by atoms with van der Waals surface area (Å²) in [5, 5.41) is 12.3. The lowest BCUT2D eigenvalue weighted by molar-refractivity contribution is 0.0696. The number of piperidine rings is 1. The molecule has 0 unspecified atom stereocenters. The quantitative estimate of drug-likeness (QED) is 0.541. The van der Waals surface area contributed by atoms with Crippen LogP contribution in [0.3, 0.4) is 0 Å². The van der Waals surface area contributed by atoms with E-state index in [-0.39, 0.29) is 17.8 Å². The molecule has 31 heavy (non-hydrogen) atoms. The molecule has 1 aliphatic rings. The number of carbonyl (C=O) groups is 2. The first-order chi connectivity index (χ1) is 14.9. The number of carboxylic acids is 1. The molecule has 1 aliphatic heterocycles. The number of hydrogen-bond acceptors (Lipinski definition) is 5. The number of nitrogens with zero attached hydrogens (tertiary/aromatic N) is 3. The molecule has 6 nitrogen and oxygen atoms in total. The van der Waals surface area contributed by atoms with Crippen LogP contribution in [0.2, 0.25) is 0 Å². The van der Waals surface area contributed by atoms with Gasteiger partial charge in [0.15, 0.2) is 10.9 Å². The molecule has 1 N–H and O–H groups in total. The topological polar surface area (TPSA) is 75.4 Å². The van der Waals surface area contributed by atoms with Gasteiger partial charge in [-0.1, -0.05) is 6.07 Å². The van der Waals surface area contributed by atoms with Crippen molar-refractivity contribution in [3.63, 3.8) is 0 Å². The molecule has 0 spiro atoms. The zero-order valence-corrected chi connectivity index (χ0v) is 18.7. The van der Waals surface area contributed by atoms with Crippen molar-refractivity contribution in [3.8, 4) is 0 Å². The zero-order valence-electron chi connectivity index (χ0n) is 17.9. The van der Waals surface area contributed by atoms with Crippen molar-refractivity contribution in [2.45, 2.75) is 46.1 Å². The molecule has 0 atom stereocenters. The van der Waals surface area contributed by atoms with E-state index >= 15 is 0 Å². The van der Waals surface area contributed by atoms with Crippen LogP contribution in [0.1, 0.15) is 62.5 Å². The van der Waals surface area contributed by atoms with Crippen molar-refractivity contribution in [3.05, 3.63) is 69.5 Å². The first-order valence-corrected chi connectivity index (χ1v) is 11.5. The fourth-order valence-electron chi connectivity index (χ4n) is 4.09. The third-order valence-corrected chi connectivity index (χ3v) is 6.71. The molecule has 0 amide bonds. The fourth-order valence-corrected chi connectivity index (χ4v) is 4.96. The number of hydrogen-bond donors (Lipinski definition) is 1. The Bertz CT molecular complexity index is 1110. The lowest BCUT2D eigenvalue weighted by atomic mass is 9.99. The Morgan fingerprint density at radius 3 is 2.61 bits per heavy atom. The van der Waals surface area contributed by atoms with E-state index in [2.05, 4.69) is 10.3 Å². The fraction of sp³-hybridized carbons (Fsp3) is 0.375. The molecule has 3 aromatic rings. The summed E-state index contributed by atoms with van der Waals surface area (Å²) in [7, 11) is 0. The van der Waals surface area contributed by atoms with Crippen LogP contribution < -0.4 is 4.90 Å². The molecule has 0 aliphatic carbocycles. The molecule has 3 heterocycles. The number of ketones is 1. The van der Waals surface area contributed by atoms with Crippen LogP contribution in [-0.2, 0) is 13.0 Å². The van der Waals surface area contributed by atoms with E-state index < -0.39 is 5.97 Å². The molecule has 1 fully saturated rings. The van der Waals surface area contributed by atoms with Crippen LogP contribution in [0.15, 0.2) is 35.8 Å². The van der Waals surface area contributed by atoms with Gasteiger partial charge in [-0.25, -0.2) is 9.78 Å². The number of aromatic nitrogens is 2. The normalized spacial score (nSPS) is 14.1. The highest BCUT2D eigenvalue weighted by Gasteiger charge is 2.18. The summed E-state index contributed by atoms with van der Waals surface area (Å²) in [5.41, 5.74) is 4.56. The van der Waals surface area contributed by atoms with Gasteiger partial charge in [-0.3, -0.25) is 4.79 Å². The average molecular weight is 438 g/mol. The molecular weight excluding hydrogens is 410 g/mol. The molecule has 0 saturated carbocycles. The average Bonchev–Trinajstić information content (AvgIpc) is 3.36. The lowest BCUT2D eigenvalue weighted by Crippen LogP contribution is -2.29. The first-order valence-electron chi connectivity index (χ1n) is 10.6. The minimum atomic E-state index is -0.960. The maximum Gasteiger partial charge on any atom is 0.335 e. The Morgan fingerprint density at radius 1 is 1.13 bits per heavy atom. The van der Waals surface area contributed by atoms with E-state index in [1.54, 1.807) is 29.5 Å². The molecule has 2 aromatic heterocycles. The molecular formula is C24H27N3O3S. The SMILES string of the molecule is Cc1cc(C(=O)Cc2ccc(C(=O)O)cc2C)n(Cc2csc(N3CCCCC3)n2)c1. The summed E-state index contributed by atoms with van der Waals surface area (Å²) < 4.78 is 1.98. The van der Waals surface area contributed by atoms with E-state index in [4.69, 9.17) is 10.1 Å². The Balaban J connectivity index is 1.50. The number of Topliss-reactive ketones (excluding diaryl/α,β-unsaturated/α-hetero) is 1.